The van der Waals surface area contributed by atoms with E-state index in [0.29, 0.717) is 11.3 Å². The Kier molecular flexibility index (Phi) is 4.14. The van der Waals surface area contributed by atoms with Crippen LogP contribution in [-0.2, 0) is 9.59 Å². The quantitative estimate of drug-likeness (QED) is 0.476. The van der Waals surface area contributed by atoms with E-state index in [9.17, 15) is 19.7 Å². The molecule has 0 fully saturated rings. The summed E-state index contributed by atoms with van der Waals surface area (Å²) in [6.07, 6.45) is 0. The number of amides is 2. The zero-order valence-electron chi connectivity index (χ0n) is 13.4. The summed E-state index contributed by atoms with van der Waals surface area (Å²) in [5.74, 6) is -1.16. The van der Waals surface area contributed by atoms with Crippen molar-refractivity contribution in [3.05, 3.63) is 74.3 Å². The van der Waals surface area contributed by atoms with Crippen molar-refractivity contribution in [3.63, 3.8) is 0 Å². The molecule has 0 radical (unpaired) electrons. The highest BCUT2D eigenvalue weighted by atomic mass is 35.5. The van der Waals surface area contributed by atoms with Crippen molar-refractivity contribution in [2.45, 2.75) is 13.8 Å². The minimum Gasteiger partial charge on any atom is -0.268 e. The second-order valence-electron chi connectivity index (χ2n) is 5.71. The average Bonchev–Trinajstić information content (AvgIpc) is 2.80. The SMILES string of the molecule is Cc1ccc(N2C(=O)C(Cl)=C(c3ccc([N+](=O)[O-])cc3)C2=O)cc1C. The summed E-state index contributed by atoms with van der Waals surface area (Å²) >= 11 is 6.11. The van der Waals surface area contributed by atoms with Crippen LogP contribution in [0.5, 0.6) is 0 Å². The van der Waals surface area contributed by atoms with Gasteiger partial charge in [0.1, 0.15) is 5.03 Å². The van der Waals surface area contributed by atoms with E-state index in [4.69, 9.17) is 11.6 Å². The molecule has 6 nitrogen and oxygen atoms in total. The van der Waals surface area contributed by atoms with Gasteiger partial charge in [0.2, 0.25) is 0 Å². The molecule has 2 aromatic rings. The monoisotopic (exact) mass is 356 g/mol. The molecule has 1 aliphatic heterocycles. The summed E-state index contributed by atoms with van der Waals surface area (Å²) in [6.45, 7) is 3.82. The fourth-order valence-corrected chi connectivity index (χ4v) is 2.88. The Morgan fingerprint density at radius 2 is 1.60 bits per heavy atom. The third kappa shape index (κ3) is 2.81. The molecule has 7 heteroatoms. The van der Waals surface area contributed by atoms with E-state index < -0.39 is 16.7 Å². The standard InChI is InChI=1S/C18H13ClN2O4/c1-10-3-6-14(9-11(10)2)20-17(22)15(16(19)18(20)23)12-4-7-13(8-5-12)21(24)25/h3-9H,1-2H3. The van der Waals surface area contributed by atoms with E-state index in [2.05, 4.69) is 0 Å². The number of benzene rings is 2. The van der Waals surface area contributed by atoms with Crippen LogP contribution in [0.25, 0.3) is 5.57 Å². The number of nitro benzene ring substituents is 1. The van der Waals surface area contributed by atoms with Gasteiger partial charge in [-0.15, -0.1) is 0 Å². The first-order valence-electron chi connectivity index (χ1n) is 7.42. The predicted octanol–water partition coefficient (Wildman–Crippen LogP) is 3.73. The Morgan fingerprint density at radius 3 is 2.16 bits per heavy atom. The van der Waals surface area contributed by atoms with Gasteiger partial charge < -0.3 is 0 Å². The van der Waals surface area contributed by atoms with Crippen LogP contribution in [0.2, 0.25) is 0 Å². The zero-order valence-corrected chi connectivity index (χ0v) is 14.2. The summed E-state index contributed by atoms with van der Waals surface area (Å²) in [5, 5.41) is 10.6. The average molecular weight is 357 g/mol. The van der Waals surface area contributed by atoms with Crippen LogP contribution in [0.1, 0.15) is 16.7 Å². The Hall–Kier alpha value is -2.99. The van der Waals surface area contributed by atoms with Crippen molar-refractivity contribution in [2.75, 3.05) is 4.90 Å². The zero-order chi connectivity index (χ0) is 18.3. The second kappa shape index (κ2) is 6.14. The number of carbonyl (C=O) groups excluding carboxylic acids is 2. The number of imide groups is 1. The van der Waals surface area contributed by atoms with Gasteiger partial charge in [-0.25, -0.2) is 4.90 Å². The molecular formula is C18H13ClN2O4. The van der Waals surface area contributed by atoms with Crippen molar-refractivity contribution in [2.24, 2.45) is 0 Å². The Labute approximate surface area is 148 Å². The number of anilines is 1. The summed E-state index contributed by atoms with van der Waals surface area (Å²) in [5.41, 5.74) is 2.71. The van der Waals surface area contributed by atoms with Gasteiger partial charge in [0, 0.05) is 12.1 Å². The number of nitro groups is 1. The Balaban J connectivity index is 2.01. The van der Waals surface area contributed by atoms with Crippen LogP contribution in [0, 0.1) is 24.0 Å². The fraction of sp³-hybridized carbons (Fsp3) is 0.111. The fourth-order valence-electron chi connectivity index (χ4n) is 2.60. The molecule has 0 saturated heterocycles. The van der Waals surface area contributed by atoms with Crippen molar-refractivity contribution in [3.8, 4) is 0 Å². The van der Waals surface area contributed by atoms with Crippen LogP contribution < -0.4 is 4.90 Å². The molecule has 0 aromatic heterocycles. The summed E-state index contributed by atoms with van der Waals surface area (Å²) in [4.78, 5) is 36.5. The van der Waals surface area contributed by atoms with Gasteiger partial charge in [-0.1, -0.05) is 17.7 Å². The topological polar surface area (TPSA) is 80.5 Å². The molecule has 0 bridgehead atoms. The van der Waals surface area contributed by atoms with Gasteiger partial charge in [-0.05, 0) is 54.8 Å². The number of hydrogen-bond acceptors (Lipinski definition) is 4. The lowest BCUT2D eigenvalue weighted by Crippen LogP contribution is -2.31. The smallest absolute Gasteiger partial charge is 0.268 e. The lowest BCUT2D eigenvalue weighted by molar-refractivity contribution is -0.384. The molecule has 0 atom stereocenters. The van der Waals surface area contributed by atoms with Crippen molar-refractivity contribution < 1.29 is 14.5 Å². The summed E-state index contributed by atoms with van der Waals surface area (Å²) in [6, 6.07) is 10.6. The number of carbonyl (C=O) groups is 2. The molecule has 0 aliphatic carbocycles. The van der Waals surface area contributed by atoms with E-state index in [0.717, 1.165) is 16.0 Å². The van der Waals surface area contributed by atoms with Gasteiger partial charge in [-0.2, -0.15) is 0 Å². The van der Waals surface area contributed by atoms with Crippen LogP contribution in [0.4, 0.5) is 11.4 Å². The van der Waals surface area contributed by atoms with Gasteiger partial charge in [0.05, 0.1) is 16.2 Å². The van der Waals surface area contributed by atoms with Gasteiger partial charge in [0.25, 0.3) is 17.5 Å². The molecular weight excluding hydrogens is 344 g/mol. The predicted molar refractivity (Wildman–Crippen MR) is 94.3 cm³/mol. The molecule has 0 saturated carbocycles. The largest absolute Gasteiger partial charge is 0.277 e. The third-order valence-corrected chi connectivity index (χ3v) is 4.49. The molecule has 0 spiro atoms. The molecule has 1 aliphatic rings. The number of rotatable bonds is 3. The number of halogens is 1. The summed E-state index contributed by atoms with van der Waals surface area (Å²) in [7, 11) is 0. The van der Waals surface area contributed by atoms with E-state index in [1.54, 1.807) is 12.1 Å². The highest BCUT2D eigenvalue weighted by molar-refractivity contribution is 6.60. The highest BCUT2D eigenvalue weighted by Crippen LogP contribution is 2.35. The van der Waals surface area contributed by atoms with Crippen LogP contribution in [-0.4, -0.2) is 16.7 Å². The first kappa shape index (κ1) is 16.9. The highest BCUT2D eigenvalue weighted by Gasteiger charge is 2.39. The molecule has 25 heavy (non-hydrogen) atoms. The van der Waals surface area contributed by atoms with E-state index >= 15 is 0 Å². The van der Waals surface area contributed by atoms with Crippen molar-refractivity contribution in [1.82, 2.24) is 0 Å². The van der Waals surface area contributed by atoms with E-state index in [1.807, 2.05) is 19.9 Å². The maximum Gasteiger partial charge on any atom is 0.277 e. The molecule has 3 rings (SSSR count). The normalized spacial score (nSPS) is 14.4. The number of non-ortho nitro benzene ring substituents is 1. The number of hydrogen-bond donors (Lipinski definition) is 0. The molecule has 1 heterocycles. The van der Waals surface area contributed by atoms with Gasteiger partial charge in [0.15, 0.2) is 0 Å². The van der Waals surface area contributed by atoms with Crippen LogP contribution in [0.3, 0.4) is 0 Å². The number of nitrogens with zero attached hydrogens (tertiary/aromatic N) is 2. The first-order valence-corrected chi connectivity index (χ1v) is 7.79. The molecule has 0 N–H and O–H groups in total. The van der Waals surface area contributed by atoms with E-state index in [-0.39, 0.29) is 16.3 Å². The second-order valence-corrected chi connectivity index (χ2v) is 6.09. The molecule has 126 valence electrons. The molecule has 2 amide bonds. The maximum absolute atomic E-state index is 12.8. The molecule has 2 aromatic carbocycles. The Bertz CT molecular complexity index is 948. The Morgan fingerprint density at radius 1 is 0.960 bits per heavy atom. The van der Waals surface area contributed by atoms with Gasteiger partial charge >= 0.3 is 0 Å². The number of aryl methyl sites for hydroxylation is 2. The lowest BCUT2D eigenvalue weighted by Gasteiger charge is -2.16. The van der Waals surface area contributed by atoms with Crippen molar-refractivity contribution in [1.29, 1.82) is 0 Å². The van der Waals surface area contributed by atoms with Gasteiger partial charge in [-0.3, -0.25) is 19.7 Å². The van der Waals surface area contributed by atoms with Crippen LogP contribution >= 0.6 is 11.6 Å². The first-order chi connectivity index (χ1) is 11.8. The lowest BCUT2D eigenvalue weighted by atomic mass is 10.1. The van der Waals surface area contributed by atoms with Crippen molar-refractivity contribution >= 4 is 40.4 Å². The third-order valence-electron chi connectivity index (χ3n) is 4.14. The van der Waals surface area contributed by atoms with Crippen LogP contribution in [0.15, 0.2) is 47.5 Å². The minimum absolute atomic E-state index is 0.0415. The summed E-state index contributed by atoms with van der Waals surface area (Å²) < 4.78 is 0. The molecule has 0 unspecified atom stereocenters. The maximum atomic E-state index is 12.8. The minimum atomic E-state index is -0.608. The van der Waals surface area contributed by atoms with E-state index in [1.165, 1.54) is 24.3 Å².